The predicted molar refractivity (Wildman–Crippen MR) is 101 cm³/mol. The standard InChI is InChI=1S/C19H32N4O/c1-6-24-17-11-7-15(8-12-17)14-23(5)19(20-2)21-13-18(22(3)4)16-9-10-16/h7-8,11-12,16,18H,6,9-10,13-14H2,1-5H3,(H,20,21). The van der Waals surface area contributed by atoms with Crippen molar-refractivity contribution < 1.29 is 4.74 Å². The van der Waals surface area contributed by atoms with Gasteiger partial charge in [0.15, 0.2) is 5.96 Å². The minimum Gasteiger partial charge on any atom is -0.494 e. The van der Waals surface area contributed by atoms with Crippen molar-refractivity contribution in [2.45, 2.75) is 32.4 Å². The molecule has 0 radical (unpaired) electrons. The van der Waals surface area contributed by atoms with Crippen LogP contribution in [0.3, 0.4) is 0 Å². The molecule has 0 spiro atoms. The molecule has 1 atom stereocenters. The Morgan fingerprint density at radius 3 is 2.42 bits per heavy atom. The van der Waals surface area contributed by atoms with E-state index in [2.05, 4.69) is 53.4 Å². The molecule has 0 saturated heterocycles. The molecule has 1 saturated carbocycles. The summed E-state index contributed by atoms with van der Waals surface area (Å²) in [6.07, 6.45) is 2.70. The fourth-order valence-corrected chi connectivity index (χ4v) is 3.04. The Kier molecular flexibility index (Phi) is 6.91. The van der Waals surface area contributed by atoms with Crippen LogP contribution in [0.25, 0.3) is 0 Å². The van der Waals surface area contributed by atoms with Gasteiger partial charge in [0.05, 0.1) is 6.61 Å². The maximum atomic E-state index is 5.50. The van der Waals surface area contributed by atoms with Crippen molar-refractivity contribution in [1.82, 2.24) is 15.1 Å². The van der Waals surface area contributed by atoms with E-state index in [-0.39, 0.29) is 0 Å². The first-order valence-corrected chi connectivity index (χ1v) is 8.85. The van der Waals surface area contributed by atoms with Crippen LogP contribution >= 0.6 is 0 Å². The summed E-state index contributed by atoms with van der Waals surface area (Å²) in [4.78, 5) is 8.92. The summed E-state index contributed by atoms with van der Waals surface area (Å²) in [5.74, 6) is 2.70. The van der Waals surface area contributed by atoms with Gasteiger partial charge >= 0.3 is 0 Å². The highest BCUT2D eigenvalue weighted by atomic mass is 16.5. The van der Waals surface area contributed by atoms with E-state index < -0.39 is 0 Å². The summed E-state index contributed by atoms with van der Waals surface area (Å²) < 4.78 is 5.50. The Hall–Kier alpha value is -1.75. The normalized spacial score (nSPS) is 16.2. The number of benzene rings is 1. The Balaban J connectivity index is 1.87. The first-order chi connectivity index (χ1) is 11.5. The molecule has 5 heteroatoms. The van der Waals surface area contributed by atoms with Crippen LogP contribution < -0.4 is 10.1 Å². The van der Waals surface area contributed by atoms with Gasteiger partial charge in [0, 0.05) is 33.2 Å². The second kappa shape index (κ2) is 8.92. The lowest BCUT2D eigenvalue weighted by atomic mass is 10.1. The highest BCUT2D eigenvalue weighted by Gasteiger charge is 2.32. The van der Waals surface area contributed by atoms with E-state index in [0.717, 1.165) is 30.7 Å². The van der Waals surface area contributed by atoms with Gasteiger partial charge in [0.25, 0.3) is 0 Å². The lowest BCUT2D eigenvalue weighted by Crippen LogP contribution is -2.46. The van der Waals surface area contributed by atoms with Crippen LogP contribution in [0.5, 0.6) is 5.75 Å². The third-order valence-electron chi connectivity index (χ3n) is 4.53. The molecule has 2 rings (SSSR count). The molecule has 1 unspecified atom stereocenters. The summed E-state index contributed by atoms with van der Waals surface area (Å²) in [5, 5.41) is 3.53. The molecule has 134 valence electrons. The molecule has 0 bridgehead atoms. The largest absolute Gasteiger partial charge is 0.494 e. The summed E-state index contributed by atoms with van der Waals surface area (Å²) in [6.45, 7) is 4.46. The Morgan fingerprint density at radius 2 is 1.92 bits per heavy atom. The Labute approximate surface area is 146 Å². The second-order valence-corrected chi connectivity index (χ2v) is 6.73. The third kappa shape index (κ3) is 5.41. The number of hydrogen-bond donors (Lipinski definition) is 1. The number of rotatable bonds is 8. The zero-order valence-electron chi connectivity index (χ0n) is 15.7. The molecule has 1 fully saturated rings. The van der Waals surface area contributed by atoms with E-state index in [4.69, 9.17) is 4.74 Å². The fourth-order valence-electron chi connectivity index (χ4n) is 3.04. The molecule has 5 nitrogen and oxygen atoms in total. The first kappa shape index (κ1) is 18.6. The molecule has 1 aromatic rings. The van der Waals surface area contributed by atoms with Gasteiger partial charge in [-0.15, -0.1) is 0 Å². The molecule has 1 N–H and O–H groups in total. The smallest absolute Gasteiger partial charge is 0.193 e. The van der Waals surface area contributed by atoms with Crippen LogP contribution in [0.1, 0.15) is 25.3 Å². The minimum absolute atomic E-state index is 0.584. The minimum atomic E-state index is 0.584. The van der Waals surface area contributed by atoms with Gasteiger partial charge in [-0.25, -0.2) is 0 Å². The monoisotopic (exact) mass is 332 g/mol. The highest BCUT2D eigenvalue weighted by molar-refractivity contribution is 5.79. The molecule has 1 aliphatic rings. The van der Waals surface area contributed by atoms with Crippen molar-refractivity contribution >= 4 is 5.96 Å². The molecule has 0 aliphatic heterocycles. The van der Waals surface area contributed by atoms with E-state index in [1.165, 1.54) is 18.4 Å². The number of ether oxygens (including phenoxy) is 1. The average molecular weight is 332 g/mol. The molecular formula is C19H32N4O. The van der Waals surface area contributed by atoms with E-state index >= 15 is 0 Å². The number of guanidine groups is 1. The molecule has 0 aromatic heterocycles. The predicted octanol–water partition coefficient (Wildman–Crippen LogP) is 2.43. The van der Waals surface area contributed by atoms with Crippen molar-refractivity contribution in [3.8, 4) is 5.75 Å². The third-order valence-corrected chi connectivity index (χ3v) is 4.53. The van der Waals surface area contributed by atoms with Crippen molar-refractivity contribution in [3.05, 3.63) is 29.8 Å². The molecule has 1 aromatic carbocycles. The first-order valence-electron chi connectivity index (χ1n) is 8.85. The van der Waals surface area contributed by atoms with Crippen molar-refractivity contribution in [1.29, 1.82) is 0 Å². The maximum Gasteiger partial charge on any atom is 0.193 e. The lowest BCUT2D eigenvalue weighted by Gasteiger charge is -2.28. The lowest BCUT2D eigenvalue weighted by molar-refractivity contribution is 0.262. The molecule has 1 aliphatic carbocycles. The second-order valence-electron chi connectivity index (χ2n) is 6.73. The SMILES string of the molecule is CCOc1ccc(CN(C)C(=NC)NCC(C2CC2)N(C)C)cc1. The summed E-state index contributed by atoms with van der Waals surface area (Å²) in [5.41, 5.74) is 1.25. The molecule has 0 heterocycles. The van der Waals surface area contributed by atoms with E-state index in [9.17, 15) is 0 Å². The topological polar surface area (TPSA) is 40.1 Å². The highest BCUT2D eigenvalue weighted by Crippen LogP contribution is 2.34. The Morgan fingerprint density at radius 1 is 1.25 bits per heavy atom. The number of nitrogens with zero attached hydrogens (tertiary/aromatic N) is 3. The molecule has 24 heavy (non-hydrogen) atoms. The van der Waals surface area contributed by atoms with Gasteiger partial charge in [0.2, 0.25) is 0 Å². The number of likely N-dealkylation sites (N-methyl/N-ethyl adjacent to an activating group) is 1. The van der Waals surface area contributed by atoms with E-state index in [1.54, 1.807) is 0 Å². The number of aliphatic imine (C=N–C) groups is 1. The van der Waals surface area contributed by atoms with Gasteiger partial charge in [0.1, 0.15) is 5.75 Å². The van der Waals surface area contributed by atoms with Crippen LogP contribution in [-0.2, 0) is 6.54 Å². The van der Waals surface area contributed by atoms with Crippen LogP contribution in [-0.4, -0.2) is 63.1 Å². The zero-order chi connectivity index (χ0) is 17.5. The summed E-state index contributed by atoms with van der Waals surface area (Å²) in [6, 6.07) is 8.86. The zero-order valence-corrected chi connectivity index (χ0v) is 15.7. The summed E-state index contributed by atoms with van der Waals surface area (Å²) in [7, 11) is 8.25. The number of hydrogen-bond acceptors (Lipinski definition) is 3. The molecular weight excluding hydrogens is 300 g/mol. The van der Waals surface area contributed by atoms with Crippen molar-refractivity contribution in [2.75, 3.05) is 41.3 Å². The number of nitrogens with one attached hydrogen (secondary N) is 1. The van der Waals surface area contributed by atoms with Crippen molar-refractivity contribution in [2.24, 2.45) is 10.9 Å². The summed E-state index contributed by atoms with van der Waals surface area (Å²) >= 11 is 0. The van der Waals surface area contributed by atoms with E-state index in [1.807, 2.05) is 26.1 Å². The average Bonchev–Trinajstić information content (AvgIpc) is 3.38. The Bertz CT molecular complexity index is 521. The van der Waals surface area contributed by atoms with Gasteiger partial charge in [-0.2, -0.15) is 0 Å². The van der Waals surface area contributed by atoms with Gasteiger partial charge in [-0.1, -0.05) is 12.1 Å². The van der Waals surface area contributed by atoms with Crippen LogP contribution in [0.4, 0.5) is 0 Å². The van der Waals surface area contributed by atoms with Crippen LogP contribution in [0.15, 0.2) is 29.3 Å². The van der Waals surface area contributed by atoms with Crippen molar-refractivity contribution in [3.63, 3.8) is 0 Å². The van der Waals surface area contributed by atoms with Gasteiger partial charge < -0.3 is 19.9 Å². The fraction of sp³-hybridized carbons (Fsp3) is 0.632. The molecule has 0 amide bonds. The van der Waals surface area contributed by atoms with E-state index in [0.29, 0.717) is 12.6 Å². The maximum absolute atomic E-state index is 5.50. The van der Waals surface area contributed by atoms with Crippen LogP contribution in [0, 0.1) is 5.92 Å². The van der Waals surface area contributed by atoms with Gasteiger partial charge in [-0.3, -0.25) is 4.99 Å². The van der Waals surface area contributed by atoms with Gasteiger partial charge in [-0.05, 0) is 57.5 Å². The van der Waals surface area contributed by atoms with Crippen LogP contribution in [0.2, 0.25) is 0 Å². The quantitative estimate of drug-likeness (QED) is 0.586.